The number of unbranched alkanes of at least 4 members (excludes halogenated alkanes) is 2. The van der Waals surface area contributed by atoms with Crippen molar-refractivity contribution in [3.8, 4) is 11.4 Å². The minimum atomic E-state index is -0.292. The minimum absolute atomic E-state index is 0.117. The molecule has 1 amide bonds. The van der Waals surface area contributed by atoms with Crippen LogP contribution in [0.1, 0.15) is 78.1 Å². The first-order valence-electron chi connectivity index (χ1n) is 12.6. The van der Waals surface area contributed by atoms with Gasteiger partial charge in [0.1, 0.15) is 11.6 Å². The van der Waals surface area contributed by atoms with Crippen LogP contribution >= 0.6 is 0 Å². The fraction of sp³-hybridized carbons (Fsp3) is 0.464. The number of benzene rings is 2. The molecule has 0 fully saturated rings. The highest BCUT2D eigenvalue weighted by Crippen LogP contribution is 2.28. The van der Waals surface area contributed by atoms with Gasteiger partial charge in [-0.2, -0.15) is 0 Å². The topological polar surface area (TPSA) is 64.4 Å². The monoisotopic (exact) mass is 463 g/mol. The largest absolute Gasteiger partial charge is 0.494 e. The van der Waals surface area contributed by atoms with Crippen LogP contribution < -0.4 is 10.3 Å². The van der Waals surface area contributed by atoms with Gasteiger partial charge < -0.3 is 9.64 Å². The summed E-state index contributed by atoms with van der Waals surface area (Å²) in [5, 5.41) is 0.562. The van der Waals surface area contributed by atoms with Crippen molar-refractivity contribution in [2.75, 3.05) is 13.2 Å². The van der Waals surface area contributed by atoms with E-state index < -0.39 is 0 Å². The van der Waals surface area contributed by atoms with Gasteiger partial charge in [0, 0.05) is 13.0 Å². The Morgan fingerprint density at radius 1 is 1.00 bits per heavy atom. The van der Waals surface area contributed by atoms with Gasteiger partial charge in [0.2, 0.25) is 5.91 Å². The van der Waals surface area contributed by atoms with Crippen molar-refractivity contribution in [1.29, 1.82) is 0 Å². The number of ether oxygens (including phenoxy) is 1. The Bertz CT molecular complexity index is 1140. The minimum Gasteiger partial charge on any atom is -0.494 e. The van der Waals surface area contributed by atoms with Gasteiger partial charge in [-0.15, -0.1) is 0 Å². The van der Waals surface area contributed by atoms with Crippen molar-refractivity contribution in [2.45, 2.75) is 72.3 Å². The second-order valence-corrected chi connectivity index (χ2v) is 8.52. The Kier molecular flexibility index (Phi) is 9.25. The Balaban J connectivity index is 2.20. The van der Waals surface area contributed by atoms with E-state index in [0.29, 0.717) is 42.7 Å². The molecular formula is C28H37N3O3. The molecule has 6 nitrogen and oxygen atoms in total. The van der Waals surface area contributed by atoms with Gasteiger partial charge in [-0.3, -0.25) is 14.2 Å². The van der Waals surface area contributed by atoms with E-state index >= 15 is 0 Å². The van der Waals surface area contributed by atoms with Crippen molar-refractivity contribution < 1.29 is 9.53 Å². The van der Waals surface area contributed by atoms with Gasteiger partial charge in [0.25, 0.3) is 5.56 Å². The van der Waals surface area contributed by atoms with Gasteiger partial charge in [0.05, 0.1) is 29.2 Å². The molecule has 0 aliphatic heterocycles. The lowest BCUT2D eigenvalue weighted by Crippen LogP contribution is -2.39. The fourth-order valence-electron chi connectivity index (χ4n) is 4.37. The van der Waals surface area contributed by atoms with E-state index in [0.717, 1.165) is 37.1 Å². The van der Waals surface area contributed by atoms with E-state index in [9.17, 15) is 9.59 Å². The van der Waals surface area contributed by atoms with Crippen molar-refractivity contribution >= 4 is 16.8 Å². The Labute approximate surface area is 202 Å². The molecule has 0 spiro atoms. The van der Waals surface area contributed by atoms with Crippen LogP contribution in [0.4, 0.5) is 0 Å². The molecule has 3 aromatic rings. The highest BCUT2D eigenvalue weighted by atomic mass is 16.5. The molecular weight excluding hydrogens is 426 g/mol. The quantitative estimate of drug-likeness (QED) is 0.307. The number of para-hydroxylation sites is 1. The van der Waals surface area contributed by atoms with E-state index in [1.807, 2.05) is 67.3 Å². The third kappa shape index (κ3) is 5.66. The average molecular weight is 464 g/mol. The second kappa shape index (κ2) is 12.4. The molecule has 1 atom stereocenters. The van der Waals surface area contributed by atoms with Crippen LogP contribution in [0.2, 0.25) is 0 Å². The number of hydrogen-bond donors (Lipinski definition) is 0. The van der Waals surface area contributed by atoms with Crippen LogP contribution in [0.5, 0.6) is 5.75 Å². The number of amides is 1. The van der Waals surface area contributed by atoms with Crippen LogP contribution in [0.3, 0.4) is 0 Å². The van der Waals surface area contributed by atoms with Gasteiger partial charge in [-0.05, 0) is 62.6 Å². The lowest BCUT2D eigenvalue weighted by atomic mass is 10.1. The number of nitrogens with zero attached hydrogens (tertiary/aromatic N) is 3. The zero-order valence-corrected chi connectivity index (χ0v) is 20.9. The van der Waals surface area contributed by atoms with E-state index in [1.54, 1.807) is 4.57 Å². The van der Waals surface area contributed by atoms with Crippen molar-refractivity contribution in [3.05, 3.63) is 64.7 Å². The van der Waals surface area contributed by atoms with Gasteiger partial charge >= 0.3 is 0 Å². The first kappa shape index (κ1) is 25.5. The Morgan fingerprint density at radius 2 is 1.74 bits per heavy atom. The van der Waals surface area contributed by atoms with E-state index in [1.165, 1.54) is 0 Å². The molecule has 3 rings (SSSR count). The molecule has 0 saturated carbocycles. The molecule has 0 aliphatic rings. The van der Waals surface area contributed by atoms with E-state index in [4.69, 9.17) is 9.72 Å². The van der Waals surface area contributed by atoms with Crippen molar-refractivity contribution in [2.24, 2.45) is 0 Å². The second-order valence-electron chi connectivity index (χ2n) is 8.52. The summed E-state index contributed by atoms with van der Waals surface area (Å²) >= 11 is 0. The number of rotatable bonds is 12. The van der Waals surface area contributed by atoms with Gasteiger partial charge in [-0.25, -0.2) is 4.98 Å². The number of carbonyl (C=O) groups is 1. The molecule has 6 heteroatoms. The summed E-state index contributed by atoms with van der Waals surface area (Å²) in [4.78, 5) is 33.9. The molecule has 0 bridgehead atoms. The summed E-state index contributed by atoms with van der Waals surface area (Å²) in [5.41, 5.74) is 1.25. The lowest BCUT2D eigenvalue weighted by molar-refractivity contribution is -0.134. The Hall–Kier alpha value is -3.15. The summed E-state index contributed by atoms with van der Waals surface area (Å²) in [5.74, 6) is 1.48. The first-order chi connectivity index (χ1) is 16.5. The van der Waals surface area contributed by atoms with Crippen LogP contribution in [0.25, 0.3) is 16.6 Å². The predicted molar refractivity (Wildman–Crippen MR) is 138 cm³/mol. The highest BCUT2D eigenvalue weighted by Gasteiger charge is 2.28. The van der Waals surface area contributed by atoms with Crippen LogP contribution in [-0.2, 0) is 4.79 Å². The zero-order valence-electron chi connectivity index (χ0n) is 20.9. The summed E-state index contributed by atoms with van der Waals surface area (Å²) in [7, 11) is 0. The normalized spacial score (nSPS) is 12.0. The first-order valence-corrected chi connectivity index (χ1v) is 12.6. The number of carbonyl (C=O) groups excluding carboxylic acids is 1. The van der Waals surface area contributed by atoms with Crippen molar-refractivity contribution in [3.63, 3.8) is 0 Å². The van der Waals surface area contributed by atoms with Crippen LogP contribution in [0, 0.1) is 0 Å². The molecule has 0 aliphatic carbocycles. The predicted octanol–water partition coefficient (Wildman–Crippen LogP) is 6.05. The lowest BCUT2D eigenvalue weighted by Gasteiger charge is -2.32. The standard InChI is InChI=1S/C28H37N3O3/c1-5-9-12-20-30(26(32)13-6-2)25(7-3)27-29-24-15-11-10-14-23(24)28(33)31(27)21-16-18-22(19-17-21)34-8-4/h10-11,14-19,25H,5-9,12-13,20H2,1-4H3. The molecule has 1 unspecified atom stereocenters. The van der Waals surface area contributed by atoms with E-state index in [2.05, 4.69) is 13.8 Å². The molecule has 0 N–H and O–H groups in total. The highest BCUT2D eigenvalue weighted by molar-refractivity contribution is 5.79. The maximum atomic E-state index is 13.7. The number of fused-ring (bicyclic) bond motifs is 1. The zero-order chi connectivity index (χ0) is 24.5. The van der Waals surface area contributed by atoms with Gasteiger partial charge in [0.15, 0.2) is 0 Å². The van der Waals surface area contributed by atoms with E-state index in [-0.39, 0.29) is 17.5 Å². The third-order valence-corrected chi connectivity index (χ3v) is 6.06. The number of aromatic nitrogens is 2. The Morgan fingerprint density at radius 3 is 2.38 bits per heavy atom. The summed E-state index contributed by atoms with van der Waals surface area (Å²) in [6, 6.07) is 14.6. The summed E-state index contributed by atoms with van der Waals surface area (Å²) in [6.45, 7) is 9.41. The average Bonchev–Trinajstić information content (AvgIpc) is 2.85. The van der Waals surface area contributed by atoms with Gasteiger partial charge in [-0.1, -0.05) is 45.7 Å². The SMILES string of the molecule is CCCCCN(C(=O)CCC)C(CC)c1nc2ccccc2c(=O)n1-c1ccc(OCC)cc1. The molecule has 34 heavy (non-hydrogen) atoms. The third-order valence-electron chi connectivity index (χ3n) is 6.06. The summed E-state index contributed by atoms with van der Waals surface area (Å²) < 4.78 is 7.27. The molecule has 0 radical (unpaired) electrons. The smallest absolute Gasteiger partial charge is 0.266 e. The molecule has 2 aromatic carbocycles. The van der Waals surface area contributed by atoms with Crippen LogP contribution in [-0.4, -0.2) is 33.5 Å². The maximum Gasteiger partial charge on any atom is 0.266 e. The molecule has 1 heterocycles. The molecule has 0 saturated heterocycles. The van der Waals surface area contributed by atoms with Crippen molar-refractivity contribution in [1.82, 2.24) is 14.5 Å². The maximum absolute atomic E-state index is 13.7. The van der Waals surface area contributed by atoms with Crippen LogP contribution in [0.15, 0.2) is 53.3 Å². The fourth-order valence-corrected chi connectivity index (χ4v) is 4.37. The number of hydrogen-bond acceptors (Lipinski definition) is 4. The summed E-state index contributed by atoms with van der Waals surface area (Å²) in [6.07, 6.45) is 5.02. The molecule has 1 aromatic heterocycles. The molecule has 182 valence electrons.